The Labute approximate surface area is 145 Å². The molecule has 0 saturated carbocycles. The summed E-state index contributed by atoms with van der Waals surface area (Å²) < 4.78 is 6.42. The molecule has 3 rings (SSSR count). The number of esters is 1. The minimum atomic E-state index is -0.449. The highest BCUT2D eigenvalue weighted by molar-refractivity contribution is 6.05. The maximum Gasteiger partial charge on any atom is 0.337 e. The monoisotopic (exact) mass is 335 g/mol. The lowest BCUT2D eigenvalue weighted by Crippen LogP contribution is -2.12. The molecule has 6 nitrogen and oxygen atoms in total. The van der Waals surface area contributed by atoms with Crippen LogP contribution in [-0.2, 0) is 4.74 Å². The molecule has 0 fully saturated rings. The molecule has 0 aliphatic rings. The van der Waals surface area contributed by atoms with E-state index in [1.54, 1.807) is 41.1 Å². The van der Waals surface area contributed by atoms with Crippen molar-refractivity contribution >= 4 is 17.6 Å². The topological polar surface area (TPSA) is 73.2 Å². The van der Waals surface area contributed by atoms with Crippen molar-refractivity contribution in [2.24, 2.45) is 0 Å². The highest BCUT2D eigenvalue weighted by Gasteiger charge is 2.10. The summed E-state index contributed by atoms with van der Waals surface area (Å²) in [5.41, 5.74) is 3.21. The van der Waals surface area contributed by atoms with Crippen LogP contribution in [0.1, 0.15) is 26.4 Å². The van der Waals surface area contributed by atoms with E-state index in [4.69, 9.17) is 0 Å². The number of nitrogens with one attached hydrogen (secondary N) is 1. The lowest BCUT2D eigenvalue weighted by atomic mass is 10.1. The van der Waals surface area contributed by atoms with Crippen LogP contribution in [0.25, 0.3) is 5.69 Å². The molecule has 1 aromatic heterocycles. The maximum atomic E-state index is 12.4. The number of benzene rings is 2. The largest absolute Gasteiger partial charge is 0.465 e. The summed E-state index contributed by atoms with van der Waals surface area (Å²) in [6, 6.07) is 15.6. The first-order valence-corrected chi connectivity index (χ1v) is 7.69. The van der Waals surface area contributed by atoms with E-state index in [9.17, 15) is 9.59 Å². The Bertz CT molecular complexity index is 914. The highest BCUT2D eigenvalue weighted by atomic mass is 16.5. The first kappa shape index (κ1) is 16.4. The fraction of sp³-hybridized carbons (Fsp3) is 0.105. The molecule has 126 valence electrons. The van der Waals surface area contributed by atoms with Gasteiger partial charge in [-0.05, 0) is 55.5 Å². The van der Waals surface area contributed by atoms with Crippen molar-refractivity contribution in [3.63, 3.8) is 0 Å². The number of rotatable bonds is 4. The third-order valence-corrected chi connectivity index (χ3v) is 3.66. The van der Waals surface area contributed by atoms with E-state index >= 15 is 0 Å². The van der Waals surface area contributed by atoms with Crippen molar-refractivity contribution in [1.29, 1.82) is 0 Å². The van der Waals surface area contributed by atoms with Crippen LogP contribution in [0.2, 0.25) is 0 Å². The van der Waals surface area contributed by atoms with E-state index in [1.165, 1.54) is 7.11 Å². The minimum Gasteiger partial charge on any atom is -0.465 e. The average Bonchev–Trinajstić information content (AvgIpc) is 3.07. The molecule has 2 aromatic carbocycles. The van der Waals surface area contributed by atoms with Crippen LogP contribution >= 0.6 is 0 Å². The molecule has 1 heterocycles. The molecule has 3 aromatic rings. The van der Waals surface area contributed by atoms with Crippen molar-refractivity contribution in [3.05, 3.63) is 77.6 Å². The number of carbonyl (C=O) groups is 2. The summed E-state index contributed by atoms with van der Waals surface area (Å²) >= 11 is 0. The molecule has 1 N–H and O–H groups in total. The van der Waals surface area contributed by atoms with Gasteiger partial charge in [-0.15, -0.1) is 0 Å². The number of nitrogens with zero attached hydrogens (tertiary/aromatic N) is 2. The zero-order valence-corrected chi connectivity index (χ0v) is 13.9. The number of hydrogen-bond acceptors (Lipinski definition) is 4. The highest BCUT2D eigenvalue weighted by Crippen LogP contribution is 2.15. The van der Waals surface area contributed by atoms with Gasteiger partial charge in [0.2, 0.25) is 0 Å². The van der Waals surface area contributed by atoms with Gasteiger partial charge in [0.05, 0.1) is 24.1 Å². The molecule has 0 radical (unpaired) electrons. The first-order valence-electron chi connectivity index (χ1n) is 7.69. The zero-order chi connectivity index (χ0) is 17.8. The van der Waals surface area contributed by atoms with Crippen LogP contribution in [0.3, 0.4) is 0 Å². The predicted octanol–water partition coefficient (Wildman–Crippen LogP) is 3.22. The zero-order valence-electron chi connectivity index (χ0n) is 13.9. The number of anilines is 1. The average molecular weight is 335 g/mol. The SMILES string of the molecule is COC(=O)c1cccc(NC(=O)c2ccc(-n3ccc(C)n3)cc2)c1. The molecule has 0 bridgehead atoms. The number of ether oxygens (including phenoxy) is 1. The molecule has 1 amide bonds. The Morgan fingerprint density at radius 1 is 1.04 bits per heavy atom. The molecular formula is C19H17N3O3. The number of hydrogen-bond donors (Lipinski definition) is 1. The minimum absolute atomic E-state index is 0.259. The van der Waals surface area contributed by atoms with Gasteiger partial charge in [-0.2, -0.15) is 5.10 Å². The van der Waals surface area contributed by atoms with E-state index < -0.39 is 5.97 Å². The van der Waals surface area contributed by atoms with Crippen molar-refractivity contribution < 1.29 is 14.3 Å². The first-order chi connectivity index (χ1) is 12.1. The number of amides is 1. The molecule has 0 unspecified atom stereocenters. The quantitative estimate of drug-likeness (QED) is 0.743. The van der Waals surface area contributed by atoms with Crippen LogP contribution in [-0.4, -0.2) is 28.8 Å². The maximum absolute atomic E-state index is 12.4. The number of aryl methyl sites for hydroxylation is 1. The number of methoxy groups -OCH3 is 1. The number of carbonyl (C=O) groups excluding carboxylic acids is 2. The van der Waals surface area contributed by atoms with Crippen LogP contribution < -0.4 is 5.32 Å². The predicted molar refractivity (Wildman–Crippen MR) is 94.0 cm³/mol. The van der Waals surface area contributed by atoms with Crippen molar-refractivity contribution in [2.75, 3.05) is 12.4 Å². The summed E-state index contributed by atoms with van der Waals surface area (Å²) in [4.78, 5) is 23.9. The van der Waals surface area contributed by atoms with E-state index in [0.717, 1.165) is 11.4 Å². The standard InChI is InChI=1S/C19H17N3O3/c1-13-10-11-22(21-13)17-8-6-14(7-9-17)18(23)20-16-5-3-4-15(12-16)19(24)25-2/h3-12H,1-2H3,(H,20,23). The Balaban J connectivity index is 1.74. The molecule has 25 heavy (non-hydrogen) atoms. The molecule has 0 aliphatic heterocycles. The summed E-state index contributed by atoms with van der Waals surface area (Å²) in [7, 11) is 1.32. The summed E-state index contributed by atoms with van der Waals surface area (Å²) in [6.07, 6.45) is 1.86. The van der Waals surface area contributed by atoms with E-state index in [1.807, 2.05) is 31.3 Å². The van der Waals surface area contributed by atoms with Crippen LogP contribution in [0.4, 0.5) is 5.69 Å². The molecule has 0 aliphatic carbocycles. The van der Waals surface area contributed by atoms with Gasteiger partial charge in [-0.3, -0.25) is 4.79 Å². The van der Waals surface area contributed by atoms with E-state index in [-0.39, 0.29) is 5.91 Å². The van der Waals surface area contributed by atoms with Crippen molar-refractivity contribution in [2.45, 2.75) is 6.92 Å². The Kier molecular flexibility index (Phi) is 4.61. The second kappa shape index (κ2) is 7.00. The van der Waals surface area contributed by atoms with Gasteiger partial charge in [0.25, 0.3) is 5.91 Å². The van der Waals surface area contributed by atoms with Gasteiger partial charge in [-0.1, -0.05) is 6.07 Å². The molecule has 0 atom stereocenters. The second-order valence-electron chi connectivity index (χ2n) is 5.48. The van der Waals surface area contributed by atoms with Gasteiger partial charge in [0.15, 0.2) is 0 Å². The summed E-state index contributed by atoms with van der Waals surface area (Å²) in [5.74, 6) is -0.708. The van der Waals surface area contributed by atoms with Gasteiger partial charge in [-0.25, -0.2) is 9.48 Å². The second-order valence-corrected chi connectivity index (χ2v) is 5.48. The molecule has 0 spiro atoms. The molecular weight excluding hydrogens is 318 g/mol. The van der Waals surface area contributed by atoms with Crippen molar-refractivity contribution in [3.8, 4) is 5.69 Å². The molecule has 6 heteroatoms. The van der Waals surface area contributed by atoms with Crippen molar-refractivity contribution in [1.82, 2.24) is 9.78 Å². The van der Waals surface area contributed by atoms with Gasteiger partial charge >= 0.3 is 5.97 Å². The fourth-order valence-electron chi connectivity index (χ4n) is 2.37. The Morgan fingerprint density at radius 2 is 1.80 bits per heavy atom. The lowest BCUT2D eigenvalue weighted by molar-refractivity contribution is 0.0600. The third-order valence-electron chi connectivity index (χ3n) is 3.66. The third kappa shape index (κ3) is 3.74. The van der Waals surface area contributed by atoms with Gasteiger partial charge in [0.1, 0.15) is 0 Å². The van der Waals surface area contributed by atoms with Crippen LogP contribution in [0, 0.1) is 6.92 Å². The number of aromatic nitrogens is 2. The fourth-order valence-corrected chi connectivity index (χ4v) is 2.37. The summed E-state index contributed by atoms with van der Waals surface area (Å²) in [6.45, 7) is 1.92. The lowest BCUT2D eigenvalue weighted by Gasteiger charge is -2.08. The Morgan fingerprint density at radius 3 is 2.44 bits per heavy atom. The van der Waals surface area contributed by atoms with Gasteiger partial charge in [0, 0.05) is 17.4 Å². The molecule has 0 saturated heterocycles. The normalized spacial score (nSPS) is 10.3. The van der Waals surface area contributed by atoms with E-state index in [0.29, 0.717) is 16.8 Å². The van der Waals surface area contributed by atoms with E-state index in [2.05, 4.69) is 15.2 Å². The van der Waals surface area contributed by atoms with Crippen LogP contribution in [0.15, 0.2) is 60.8 Å². The Hall–Kier alpha value is -3.41. The van der Waals surface area contributed by atoms with Gasteiger partial charge < -0.3 is 10.1 Å². The summed E-state index contributed by atoms with van der Waals surface area (Å²) in [5, 5.41) is 7.10. The smallest absolute Gasteiger partial charge is 0.337 e. The van der Waals surface area contributed by atoms with Crippen LogP contribution in [0.5, 0.6) is 0 Å².